The zero-order valence-electron chi connectivity index (χ0n) is 18.0. The van der Waals surface area contributed by atoms with Crippen LogP contribution in [0.4, 0.5) is 8.78 Å². The normalized spacial score (nSPS) is 19.9. The van der Waals surface area contributed by atoms with Crippen LogP contribution in [0.2, 0.25) is 0 Å². The van der Waals surface area contributed by atoms with E-state index in [1.807, 2.05) is 38.4 Å². The zero-order chi connectivity index (χ0) is 22.3. The highest BCUT2D eigenvalue weighted by atomic mass is 19.2. The molecule has 1 atom stereocenters. The maximum Gasteiger partial charge on any atom is 0.162 e. The van der Waals surface area contributed by atoms with E-state index in [1.54, 1.807) is 0 Å². The molecule has 3 rings (SSSR count). The summed E-state index contributed by atoms with van der Waals surface area (Å²) in [4.78, 5) is 4.14. The number of nitrogens with zero attached hydrogens (tertiary/aromatic N) is 2. The summed E-state index contributed by atoms with van der Waals surface area (Å²) in [7, 11) is 4.00. The third-order valence-corrected chi connectivity index (χ3v) is 4.95. The van der Waals surface area contributed by atoms with Crippen LogP contribution in [0.5, 0.6) is 11.5 Å². The van der Waals surface area contributed by atoms with Gasteiger partial charge in [0.1, 0.15) is 30.3 Å². The molecule has 1 heterocycles. The third kappa shape index (κ3) is 7.43. The van der Waals surface area contributed by atoms with E-state index in [9.17, 15) is 13.9 Å². The van der Waals surface area contributed by atoms with Gasteiger partial charge in [0.15, 0.2) is 11.6 Å². The largest absolute Gasteiger partial charge is 0.492 e. The Kier molecular flexibility index (Phi) is 8.20. The minimum absolute atomic E-state index is 0.0950. The maximum atomic E-state index is 13.4. The van der Waals surface area contributed by atoms with Crippen molar-refractivity contribution in [1.29, 1.82) is 0 Å². The molecule has 0 aromatic heterocycles. The standard InChI is InChI=1S/C23H30F2N2O4/c1-26(2)8-11-30-19-5-3-4-18(12-19)14-27-9-10-29-16-23(28,15-27)17-31-20-6-7-21(24)22(25)13-20/h3-7,12-13,28H,8-11,14-17H2,1-2H3. The molecule has 2 aromatic carbocycles. The summed E-state index contributed by atoms with van der Waals surface area (Å²) in [5.41, 5.74) is -0.214. The van der Waals surface area contributed by atoms with Crippen molar-refractivity contribution in [3.05, 3.63) is 59.7 Å². The molecule has 8 heteroatoms. The maximum absolute atomic E-state index is 13.4. The lowest BCUT2D eigenvalue weighted by atomic mass is 10.1. The number of rotatable bonds is 9. The average Bonchev–Trinajstić information content (AvgIpc) is 2.90. The molecule has 1 unspecified atom stereocenters. The van der Waals surface area contributed by atoms with Crippen LogP contribution in [-0.2, 0) is 11.3 Å². The lowest BCUT2D eigenvalue weighted by molar-refractivity contribution is -0.0647. The van der Waals surface area contributed by atoms with Crippen molar-refractivity contribution in [3.63, 3.8) is 0 Å². The summed E-state index contributed by atoms with van der Waals surface area (Å²) < 4.78 is 43.4. The summed E-state index contributed by atoms with van der Waals surface area (Å²) in [6.45, 7) is 3.51. The second-order valence-corrected chi connectivity index (χ2v) is 8.15. The monoisotopic (exact) mass is 436 g/mol. The Morgan fingerprint density at radius 2 is 1.90 bits per heavy atom. The van der Waals surface area contributed by atoms with Gasteiger partial charge < -0.3 is 24.2 Å². The SMILES string of the molecule is CN(C)CCOc1cccc(CN2CCOCC(O)(COc3ccc(F)c(F)c3)C2)c1. The van der Waals surface area contributed by atoms with Crippen molar-refractivity contribution in [2.24, 2.45) is 0 Å². The molecule has 1 fully saturated rings. The second kappa shape index (κ2) is 10.9. The Hall–Kier alpha value is -2.26. The van der Waals surface area contributed by atoms with Gasteiger partial charge in [-0.25, -0.2) is 8.78 Å². The van der Waals surface area contributed by atoms with E-state index in [-0.39, 0.29) is 19.0 Å². The smallest absolute Gasteiger partial charge is 0.162 e. The molecule has 0 radical (unpaired) electrons. The van der Waals surface area contributed by atoms with Crippen LogP contribution in [-0.4, -0.2) is 80.7 Å². The van der Waals surface area contributed by atoms with Crippen molar-refractivity contribution >= 4 is 0 Å². The van der Waals surface area contributed by atoms with Crippen molar-refractivity contribution < 1.29 is 28.1 Å². The van der Waals surface area contributed by atoms with Crippen molar-refractivity contribution in [3.8, 4) is 11.5 Å². The highest BCUT2D eigenvalue weighted by Crippen LogP contribution is 2.21. The van der Waals surface area contributed by atoms with Gasteiger partial charge >= 0.3 is 0 Å². The van der Waals surface area contributed by atoms with Crippen LogP contribution in [0.25, 0.3) is 0 Å². The molecular weight excluding hydrogens is 406 g/mol. The molecule has 1 aliphatic rings. The van der Waals surface area contributed by atoms with Gasteiger partial charge in [-0.3, -0.25) is 4.90 Å². The Labute approximate surface area is 181 Å². The highest BCUT2D eigenvalue weighted by Gasteiger charge is 2.33. The summed E-state index contributed by atoms with van der Waals surface area (Å²) in [5.74, 6) is -0.966. The Balaban J connectivity index is 1.58. The van der Waals surface area contributed by atoms with Crippen LogP contribution in [0.3, 0.4) is 0 Å². The topological polar surface area (TPSA) is 54.4 Å². The Morgan fingerprint density at radius 1 is 1.10 bits per heavy atom. The molecule has 0 aliphatic carbocycles. The molecule has 1 saturated heterocycles. The summed E-state index contributed by atoms with van der Waals surface area (Å²) >= 11 is 0. The minimum atomic E-state index is -1.28. The quantitative estimate of drug-likeness (QED) is 0.652. The first-order valence-corrected chi connectivity index (χ1v) is 10.3. The fourth-order valence-corrected chi connectivity index (χ4v) is 3.34. The van der Waals surface area contributed by atoms with E-state index in [2.05, 4.69) is 9.80 Å². The molecular formula is C23H30F2N2O4. The van der Waals surface area contributed by atoms with Crippen molar-refractivity contribution in [2.45, 2.75) is 12.1 Å². The highest BCUT2D eigenvalue weighted by molar-refractivity contribution is 5.28. The lowest BCUT2D eigenvalue weighted by Crippen LogP contribution is -2.48. The van der Waals surface area contributed by atoms with Gasteiger partial charge in [-0.05, 0) is 43.9 Å². The molecule has 6 nitrogen and oxygen atoms in total. The van der Waals surface area contributed by atoms with E-state index >= 15 is 0 Å². The van der Waals surface area contributed by atoms with Crippen LogP contribution in [0, 0.1) is 11.6 Å². The predicted molar refractivity (Wildman–Crippen MR) is 113 cm³/mol. The number of ether oxygens (including phenoxy) is 3. The number of likely N-dealkylation sites (N-methyl/N-ethyl adjacent to an activating group) is 1. The van der Waals surface area contributed by atoms with E-state index in [0.717, 1.165) is 30.0 Å². The Morgan fingerprint density at radius 3 is 2.68 bits per heavy atom. The number of benzene rings is 2. The lowest BCUT2D eigenvalue weighted by Gasteiger charge is -2.30. The molecule has 31 heavy (non-hydrogen) atoms. The first kappa shape index (κ1) is 23.4. The number of aliphatic hydroxyl groups is 1. The Bertz CT molecular complexity index is 852. The van der Waals surface area contributed by atoms with Gasteiger partial charge in [0.2, 0.25) is 0 Å². The number of hydrogen-bond acceptors (Lipinski definition) is 6. The fraction of sp³-hybridized carbons (Fsp3) is 0.478. The molecule has 2 aromatic rings. The average molecular weight is 436 g/mol. The van der Waals surface area contributed by atoms with Gasteiger partial charge in [0.05, 0.1) is 13.2 Å². The van der Waals surface area contributed by atoms with E-state index in [0.29, 0.717) is 32.8 Å². The van der Waals surface area contributed by atoms with Gasteiger partial charge in [-0.2, -0.15) is 0 Å². The molecule has 170 valence electrons. The molecule has 0 amide bonds. The summed E-state index contributed by atoms with van der Waals surface area (Å²) in [5, 5.41) is 11.0. The first-order valence-electron chi connectivity index (χ1n) is 10.3. The molecule has 0 spiro atoms. The van der Waals surface area contributed by atoms with Crippen molar-refractivity contribution in [2.75, 3.05) is 60.2 Å². The fourth-order valence-electron chi connectivity index (χ4n) is 3.34. The molecule has 1 aliphatic heterocycles. The van der Waals surface area contributed by atoms with E-state index < -0.39 is 17.2 Å². The summed E-state index contributed by atoms with van der Waals surface area (Å²) in [6.07, 6.45) is 0. The zero-order valence-corrected chi connectivity index (χ0v) is 18.0. The molecule has 1 N–H and O–H groups in total. The third-order valence-electron chi connectivity index (χ3n) is 4.95. The van der Waals surface area contributed by atoms with E-state index in [1.165, 1.54) is 6.07 Å². The first-order chi connectivity index (χ1) is 14.8. The van der Waals surface area contributed by atoms with Gasteiger partial charge in [-0.15, -0.1) is 0 Å². The predicted octanol–water partition coefficient (Wildman–Crippen LogP) is 2.55. The van der Waals surface area contributed by atoms with Crippen LogP contribution >= 0.6 is 0 Å². The van der Waals surface area contributed by atoms with Gasteiger partial charge in [0.25, 0.3) is 0 Å². The number of halogens is 2. The second-order valence-electron chi connectivity index (χ2n) is 8.15. The summed E-state index contributed by atoms with van der Waals surface area (Å²) in [6, 6.07) is 11.2. The number of hydrogen-bond donors (Lipinski definition) is 1. The van der Waals surface area contributed by atoms with Gasteiger partial charge in [-0.1, -0.05) is 12.1 Å². The van der Waals surface area contributed by atoms with Gasteiger partial charge in [0, 0.05) is 32.2 Å². The minimum Gasteiger partial charge on any atom is -0.492 e. The molecule has 0 bridgehead atoms. The number of β-amino-alcohol motifs (C(OH)–C–C–N with tert-alkyl or cyclic N) is 1. The van der Waals surface area contributed by atoms with Crippen LogP contribution < -0.4 is 9.47 Å². The van der Waals surface area contributed by atoms with Crippen LogP contribution in [0.15, 0.2) is 42.5 Å². The van der Waals surface area contributed by atoms with Crippen LogP contribution in [0.1, 0.15) is 5.56 Å². The van der Waals surface area contributed by atoms with Crippen molar-refractivity contribution in [1.82, 2.24) is 9.80 Å². The van der Waals surface area contributed by atoms with E-state index in [4.69, 9.17) is 14.2 Å². The molecule has 0 saturated carbocycles.